The smallest absolute Gasteiger partial charge is 0.0639 e. The van der Waals surface area contributed by atoms with Gasteiger partial charge >= 0.3 is 0 Å². The normalized spacial score (nSPS) is 18.0. The summed E-state index contributed by atoms with van der Waals surface area (Å²) < 4.78 is 0. The molecule has 0 amide bonds. The molecule has 4 unspecified atom stereocenters. The van der Waals surface area contributed by atoms with Crippen LogP contribution in [0.1, 0.15) is 34.1 Å². The molecule has 128 valence electrons. The van der Waals surface area contributed by atoms with E-state index in [9.17, 15) is 20.4 Å². The van der Waals surface area contributed by atoms with Crippen molar-refractivity contribution in [2.24, 2.45) is 0 Å². The van der Waals surface area contributed by atoms with Crippen molar-refractivity contribution in [1.82, 2.24) is 9.80 Å². The van der Waals surface area contributed by atoms with Crippen LogP contribution >= 0.6 is 0 Å². The predicted molar refractivity (Wildman–Crippen MR) is 84.2 cm³/mol. The Balaban J connectivity index is 4.21. The largest absolute Gasteiger partial charge is 0.392 e. The molecule has 6 heteroatoms. The number of hydrogen-bond acceptors (Lipinski definition) is 6. The molecule has 0 aromatic carbocycles. The molecular formula is C15H34N2O4. The Morgan fingerprint density at radius 1 is 0.571 bits per heavy atom. The fourth-order valence-electron chi connectivity index (χ4n) is 2.53. The van der Waals surface area contributed by atoms with Gasteiger partial charge in [-0.3, -0.25) is 9.80 Å². The van der Waals surface area contributed by atoms with Crippen molar-refractivity contribution in [2.75, 3.05) is 39.3 Å². The number of rotatable bonds is 12. The lowest BCUT2D eigenvalue weighted by Gasteiger charge is -2.28. The Bertz CT molecular complexity index is 204. The molecule has 0 rings (SSSR count). The lowest BCUT2D eigenvalue weighted by molar-refractivity contribution is 0.0680. The van der Waals surface area contributed by atoms with Gasteiger partial charge in [-0.1, -0.05) is 0 Å². The van der Waals surface area contributed by atoms with Gasteiger partial charge in [0.05, 0.1) is 24.4 Å². The highest BCUT2D eigenvalue weighted by Gasteiger charge is 2.14. The molecule has 0 bridgehead atoms. The Morgan fingerprint density at radius 3 is 1.00 bits per heavy atom. The molecule has 0 saturated heterocycles. The fraction of sp³-hybridized carbons (Fsp3) is 1.00. The molecule has 21 heavy (non-hydrogen) atoms. The van der Waals surface area contributed by atoms with Crippen LogP contribution in [0.2, 0.25) is 0 Å². The van der Waals surface area contributed by atoms with Gasteiger partial charge in [-0.2, -0.15) is 0 Å². The fourth-order valence-corrected chi connectivity index (χ4v) is 2.53. The summed E-state index contributed by atoms with van der Waals surface area (Å²) >= 11 is 0. The molecule has 4 atom stereocenters. The summed E-state index contributed by atoms with van der Waals surface area (Å²) in [6, 6.07) is 0. The van der Waals surface area contributed by atoms with Crippen molar-refractivity contribution in [2.45, 2.75) is 58.5 Å². The van der Waals surface area contributed by atoms with Gasteiger partial charge in [-0.05, 0) is 47.2 Å². The number of aliphatic hydroxyl groups is 4. The Morgan fingerprint density at radius 2 is 0.810 bits per heavy atom. The second-order valence-electron chi connectivity index (χ2n) is 6.27. The summed E-state index contributed by atoms with van der Waals surface area (Å²) in [6.45, 7) is 10.7. The van der Waals surface area contributed by atoms with Crippen molar-refractivity contribution < 1.29 is 20.4 Å². The first-order valence-electron chi connectivity index (χ1n) is 7.87. The van der Waals surface area contributed by atoms with E-state index < -0.39 is 24.4 Å². The molecule has 6 nitrogen and oxygen atoms in total. The minimum atomic E-state index is -0.421. The highest BCUT2D eigenvalue weighted by Crippen LogP contribution is 2.02. The second kappa shape index (κ2) is 11.3. The second-order valence-corrected chi connectivity index (χ2v) is 6.27. The van der Waals surface area contributed by atoms with Crippen LogP contribution in [-0.2, 0) is 0 Å². The van der Waals surface area contributed by atoms with Crippen LogP contribution in [0.4, 0.5) is 0 Å². The lowest BCUT2D eigenvalue weighted by atomic mass is 10.2. The van der Waals surface area contributed by atoms with Crippen molar-refractivity contribution >= 4 is 0 Å². The number of nitrogens with zero attached hydrogens (tertiary/aromatic N) is 2. The summed E-state index contributed by atoms with van der Waals surface area (Å²) in [5.74, 6) is 0. The standard InChI is InChI=1S/C15H34N2O4/c1-12(18)8-16(9-13(2)19)6-5-7-17(10-14(3)20)11-15(4)21/h12-15,18-21H,5-11H2,1-4H3. The van der Waals surface area contributed by atoms with Crippen molar-refractivity contribution in [1.29, 1.82) is 0 Å². The van der Waals surface area contributed by atoms with E-state index in [1.54, 1.807) is 27.7 Å². The number of aliphatic hydroxyl groups excluding tert-OH is 4. The van der Waals surface area contributed by atoms with E-state index in [0.29, 0.717) is 26.2 Å². The molecular weight excluding hydrogens is 272 g/mol. The van der Waals surface area contributed by atoms with Gasteiger partial charge in [-0.25, -0.2) is 0 Å². The van der Waals surface area contributed by atoms with Crippen LogP contribution in [0.15, 0.2) is 0 Å². The van der Waals surface area contributed by atoms with Crippen molar-refractivity contribution in [3.63, 3.8) is 0 Å². The van der Waals surface area contributed by atoms with E-state index in [1.807, 2.05) is 9.80 Å². The number of hydrogen-bond donors (Lipinski definition) is 4. The molecule has 0 spiro atoms. The highest BCUT2D eigenvalue weighted by atomic mass is 16.3. The maximum atomic E-state index is 9.48. The van der Waals surface area contributed by atoms with Crippen LogP contribution < -0.4 is 0 Å². The van der Waals surface area contributed by atoms with Gasteiger partial charge in [0.25, 0.3) is 0 Å². The third kappa shape index (κ3) is 13.2. The van der Waals surface area contributed by atoms with E-state index in [1.165, 1.54) is 0 Å². The zero-order chi connectivity index (χ0) is 16.4. The van der Waals surface area contributed by atoms with E-state index >= 15 is 0 Å². The van der Waals surface area contributed by atoms with E-state index in [0.717, 1.165) is 19.5 Å². The average Bonchev–Trinajstić information content (AvgIpc) is 2.24. The first-order chi connectivity index (χ1) is 9.70. The minimum absolute atomic E-state index is 0.421. The van der Waals surface area contributed by atoms with Crippen LogP contribution in [0, 0.1) is 0 Å². The molecule has 0 aromatic heterocycles. The first kappa shape index (κ1) is 20.8. The molecule has 0 aromatic rings. The summed E-state index contributed by atoms with van der Waals surface area (Å²) in [6.07, 6.45) is -0.826. The van der Waals surface area contributed by atoms with Crippen LogP contribution in [0.25, 0.3) is 0 Å². The molecule has 0 aliphatic heterocycles. The van der Waals surface area contributed by atoms with E-state index in [2.05, 4.69) is 0 Å². The molecule has 0 fully saturated rings. The van der Waals surface area contributed by atoms with Gasteiger partial charge in [0.1, 0.15) is 0 Å². The third-order valence-electron chi connectivity index (χ3n) is 3.04. The zero-order valence-corrected chi connectivity index (χ0v) is 13.9. The quantitative estimate of drug-likeness (QED) is 0.389. The van der Waals surface area contributed by atoms with Gasteiger partial charge in [0.2, 0.25) is 0 Å². The lowest BCUT2D eigenvalue weighted by Crippen LogP contribution is -2.40. The Labute approximate surface area is 129 Å². The zero-order valence-electron chi connectivity index (χ0n) is 13.9. The highest BCUT2D eigenvalue weighted by molar-refractivity contribution is 4.68. The van der Waals surface area contributed by atoms with Gasteiger partial charge in [0.15, 0.2) is 0 Å². The van der Waals surface area contributed by atoms with Gasteiger partial charge in [0, 0.05) is 26.2 Å². The first-order valence-corrected chi connectivity index (χ1v) is 7.87. The summed E-state index contributed by atoms with van der Waals surface area (Å²) in [5, 5.41) is 37.9. The van der Waals surface area contributed by atoms with E-state index in [4.69, 9.17) is 0 Å². The van der Waals surface area contributed by atoms with Gasteiger partial charge < -0.3 is 20.4 Å². The Kier molecular flexibility index (Phi) is 11.2. The minimum Gasteiger partial charge on any atom is -0.392 e. The van der Waals surface area contributed by atoms with Crippen molar-refractivity contribution in [3.8, 4) is 0 Å². The third-order valence-corrected chi connectivity index (χ3v) is 3.04. The maximum Gasteiger partial charge on any atom is 0.0639 e. The average molecular weight is 306 g/mol. The monoisotopic (exact) mass is 306 g/mol. The topological polar surface area (TPSA) is 87.4 Å². The molecule has 0 radical (unpaired) electrons. The Hall–Kier alpha value is -0.240. The van der Waals surface area contributed by atoms with Crippen molar-refractivity contribution in [3.05, 3.63) is 0 Å². The predicted octanol–water partition coefficient (Wildman–Crippen LogP) is -0.496. The molecule has 0 aliphatic rings. The molecule has 0 heterocycles. The summed E-state index contributed by atoms with van der Waals surface area (Å²) in [7, 11) is 0. The SMILES string of the molecule is CC(O)CN(CCCN(CC(C)O)CC(C)O)CC(C)O. The van der Waals surface area contributed by atoms with Gasteiger partial charge in [-0.15, -0.1) is 0 Å². The van der Waals surface area contributed by atoms with E-state index in [-0.39, 0.29) is 0 Å². The molecule has 0 saturated carbocycles. The van der Waals surface area contributed by atoms with Crippen LogP contribution in [0.3, 0.4) is 0 Å². The maximum absolute atomic E-state index is 9.48. The molecule has 4 N–H and O–H groups in total. The van der Waals surface area contributed by atoms with Crippen LogP contribution in [0.5, 0.6) is 0 Å². The molecule has 0 aliphatic carbocycles. The van der Waals surface area contributed by atoms with Crippen LogP contribution in [-0.4, -0.2) is 93.9 Å². The summed E-state index contributed by atoms with van der Waals surface area (Å²) in [4.78, 5) is 4.08. The summed E-state index contributed by atoms with van der Waals surface area (Å²) in [5.41, 5.74) is 0.